The summed E-state index contributed by atoms with van der Waals surface area (Å²) in [7, 11) is 0. The topological polar surface area (TPSA) is 110 Å². The third kappa shape index (κ3) is 2.01. The fourth-order valence-electron chi connectivity index (χ4n) is 1.77. The van der Waals surface area contributed by atoms with Crippen molar-refractivity contribution in [3.05, 3.63) is 26.7 Å². The van der Waals surface area contributed by atoms with Gasteiger partial charge in [0.05, 0.1) is 0 Å². The average Bonchev–Trinajstić information content (AvgIpc) is 2.71. The van der Waals surface area contributed by atoms with Crippen molar-refractivity contribution in [2.75, 3.05) is 6.54 Å². The monoisotopic (exact) mass is 237 g/mol. The quantitative estimate of drug-likeness (QED) is 0.654. The van der Waals surface area contributed by atoms with Gasteiger partial charge in [0.15, 0.2) is 5.65 Å². The maximum atomic E-state index is 11.6. The maximum absolute atomic E-state index is 11.6. The zero-order chi connectivity index (χ0) is 12.4. The van der Waals surface area contributed by atoms with Crippen LogP contribution in [-0.4, -0.2) is 26.1 Å². The minimum Gasteiger partial charge on any atom is -0.336 e. The van der Waals surface area contributed by atoms with Crippen LogP contribution in [0.2, 0.25) is 0 Å². The number of hydrogen-bond acceptors (Lipinski definition) is 4. The molecule has 0 bridgehead atoms. The third-order valence-corrected chi connectivity index (χ3v) is 2.62. The van der Waals surface area contributed by atoms with Crippen molar-refractivity contribution in [2.45, 2.75) is 26.3 Å². The van der Waals surface area contributed by atoms with Gasteiger partial charge in [-0.2, -0.15) is 0 Å². The predicted molar refractivity (Wildman–Crippen MR) is 64.0 cm³/mol. The van der Waals surface area contributed by atoms with E-state index in [0.29, 0.717) is 36.5 Å². The molecule has 0 spiro atoms. The Morgan fingerprint density at radius 3 is 2.76 bits per heavy atom. The van der Waals surface area contributed by atoms with E-state index in [2.05, 4.69) is 15.0 Å². The van der Waals surface area contributed by atoms with E-state index in [1.165, 1.54) is 4.57 Å². The lowest BCUT2D eigenvalue weighted by atomic mass is 10.3. The van der Waals surface area contributed by atoms with Gasteiger partial charge in [0.25, 0.3) is 5.56 Å². The van der Waals surface area contributed by atoms with Crippen LogP contribution in [0.25, 0.3) is 11.2 Å². The molecule has 2 aromatic heterocycles. The summed E-state index contributed by atoms with van der Waals surface area (Å²) in [5, 5.41) is 0. The molecule has 0 aliphatic heterocycles. The number of aryl methyl sites for hydroxylation is 2. The smallest absolute Gasteiger partial charge is 0.330 e. The molecule has 17 heavy (non-hydrogen) atoms. The summed E-state index contributed by atoms with van der Waals surface area (Å²) >= 11 is 0. The first kappa shape index (κ1) is 11.6. The Hall–Kier alpha value is -1.89. The van der Waals surface area contributed by atoms with Gasteiger partial charge in [0, 0.05) is 13.0 Å². The van der Waals surface area contributed by atoms with Gasteiger partial charge < -0.3 is 10.7 Å². The molecular formula is C10H15N5O2. The molecule has 0 aliphatic rings. The number of hydrogen-bond donors (Lipinski definition) is 3. The van der Waals surface area contributed by atoms with E-state index in [-0.39, 0.29) is 0 Å². The Morgan fingerprint density at radius 1 is 1.35 bits per heavy atom. The van der Waals surface area contributed by atoms with Crippen LogP contribution in [0.5, 0.6) is 0 Å². The Morgan fingerprint density at radius 2 is 2.12 bits per heavy atom. The van der Waals surface area contributed by atoms with E-state index in [1.54, 1.807) is 0 Å². The Kier molecular flexibility index (Phi) is 3.10. The van der Waals surface area contributed by atoms with Crippen molar-refractivity contribution in [1.82, 2.24) is 19.5 Å². The molecule has 0 unspecified atom stereocenters. The minimum absolute atomic E-state index is 0.346. The SMILES string of the molecule is CCn1c(=O)[nH]c(=O)c2[nH]c(CCCN)nc21. The van der Waals surface area contributed by atoms with Crippen molar-refractivity contribution in [2.24, 2.45) is 5.73 Å². The standard InChI is InChI=1S/C10H15N5O2/c1-2-15-8-7(9(16)14-10(15)17)12-6(13-8)4-3-5-11/h2-5,11H2,1H3,(H,12,13)(H,14,16,17). The maximum Gasteiger partial charge on any atom is 0.330 e. The van der Waals surface area contributed by atoms with Gasteiger partial charge in [-0.3, -0.25) is 14.3 Å². The van der Waals surface area contributed by atoms with Gasteiger partial charge >= 0.3 is 5.69 Å². The molecule has 0 radical (unpaired) electrons. The highest BCUT2D eigenvalue weighted by atomic mass is 16.2. The minimum atomic E-state index is -0.429. The zero-order valence-corrected chi connectivity index (χ0v) is 9.62. The van der Waals surface area contributed by atoms with Gasteiger partial charge in [0.2, 0.25) is 0 Å². The lowest BCUT2D eigenvalue weighted by Gasteiger charge is -1.99. The largest absolute Gasteiger partial charge is 0.336 e. The predicted octanol–water partition coefficient (Wildman–Crippen LogP) is -0.676. The van der Waals surface area contributed by atoms with E-state index < -0.39 is 11.2 Å². The highest BCUT2D eigenvalue weighted by Crippen LogP contribution is 2.06. The number of nitrogens with one attached hydrogen (secondary N) is 2. The second kappa shape index (κ2) is 4.54. The average molecular weight is 237 g/mol. The molecule has 0 aliphatic carbocycles. The van der Waals surface area contributed by atoms with E-state index in [1.807, 2.05) is 6.92 Å². The molecule has 7 nitrogen and oxygen atoms in total. The van der Waals surface area contributed by atoms with Gasteiger partial charge in [-0.25, -0.2) is 9.78 Å². The third-order valence-electron chi connectivity index (χ3n) is 2.62. The summed E-state index contributed by atoms with van der Waals surface area (Å²) in [6.07, 6.45) is 1.45. The van der Waals surface area contributed by atoms with Gasteiger partial charge in [-0.15, -0.1) is 0 Å². The van der Waals surface area contributed by atoms with Gasteiger partial charge in [-0.1, -0.05) is 0 Å². The second-order valence-corrected chi connectivity index (χ2v) is 3.78. The molecule has 4 N–H and O–H groups in total. The molecule has 0 atom stereocenters. The normalized spacial score (nSPS) is 11.2. The lowest BCUT2D eigenvalue weighted by molar-refractivity contribution is 0.717. The number of nitrogens with zero attached hydrogens (tertiary/aromatic N) is 2. The highest BCUT2D eigenvalue weighted by molar-refractivity contribution is 5.69. The van der Waals surface area contributed by atoms with Crippen molar-refractivity contribution in [3.8, 4) is 0 Å². The van der Waals surface area contributed by atoms with E-state index in [0.717, 1.165) is 6.42 Å². The highest BCUT2D eigenvalue weighted by Gasteiger charge is 2.11. The number of aromatic nitrogens is 4. The number of imidazole rings is 1. The van der Waals surface area contributed by atoms with Crippen LogP contribution in [0.4, 0.5) is 0 Å². The molecule has 0 saturated carbocycles. The van der Waals surface area contributed by atoms with Gasteiger partial charge in [0.1, 0.15) is 11.3 Å². The summed E-state index contributed by atoms with van der Waals surface area (Å²) in [5.41, 5.74) is 5.31. The Bertz CT molecular complexity index is 636. The summed E-state index contributed by atoms with van der Waals surface area (Å²) in [4.78, 5) is 32.6. The first-order valence-electron chi connectivity index (χ1n) is 5.59. The summed E-state index contributed by atoms with van der Waals surface area (Å²) < 4.78 is 1.43. The Balaban J connectivity index is 2.62. The number of H-pyrrole nitrogens is 2. The van der Waals surface area contributed by atoms with Crippen LogP contribution in [0.3, 0.4) is 0 Å². The molecule has 2 aromatic rings. The molecule has 0 amide bonds. The van der Waals surface area contributed by atoms with Crippen LogP contribution >= 0.6 is 0 Å². The molecular weight excluding hydrogens is 222 g/mol. The van der Waals surface area contributed by atoms with Gasteiger partial charge in [-0.05, 0) is 19.9 Å². The molecule has 2 heterocycles. The van der Waals surface area contributed by atoms with Crippen molar-refractivity contribution in [3.63, 3.8) is 0 Å². The number of rotatable bonds is 4. The molecule has 0 fully saturated rings. The van der Waals surface area contributed by atoms with Crippen LogP contribution in [0.15, 0.2) is 9.59 Å². The molecule has 92 valence electrons. The number of fused-ring (bicyclic) bond motifs is 1. The summed E-state index contributed by atoms with van der Waals surface area (Å²) in [6, 6.07) is 0. The van der Waals surface area contributed by atoms with E-state index in [9.17, 15) is 9.59 Å². The summed E-state index contributed by atoms with van der Waals surface area (Å²) in [6.45, 7) is 2.86. The first-order valence-corrected chi connectivity index (χ1v) is 5.59. The zero-order valence-electron chi connectivity index (χ0n) is 9.62. The molecule has 7 heteroatoms. The fraction of sp³-hybridized carbons (Fsp3) is 0.500. The molecule has 0 aromatic carbocycles. The van der Waals surface area contributed by atoms with Crippen molar-refractivity contribution < 1.29 is 0 Å². The van der Waals surface area contributed by atoms with Crippen LogP contribution in [0.1, 0.15) is 19.2 Å². The van der Waals surface area contributed by atoms with E-state index in [4.69, 9.17) is 5.73 Å². The Labute approximate surface area is 96.7 Å². The fourth-order valence-corrected chi connectivity index (χ4v) is 1.77. The lowest BCUT2D eigenvalue weighted by Crippen LogP contribution is -2.29. The molecule has 2 rings (SSSR count). The number of aromatic amines is 2. The van der Waals surface area contributed by atoms with Crippen LogP contribution in [-0.2, 0) is 13.0 Å². The van der Waals surface area contributed by atoms with Crippen molar-refractivity contribution >= 4 is 11.2 Å². The molecule has 0 saturated heterocycles. The van der Waals surface area contributed by atoms with Crippen LogP contribution < -0.4 is 17.0 Å². The second-order valence-electron chi connectivity index (χ2n) is 3.78. The van der Waals surface area contributed by atoms with E-state index >= 15 is 0 Å². The van der Waals surface area contributed by atoms with Crippen molar-refractivity contribution in [1.29, 1.82) is 0 Å². The summed E-state index contributed by atoms with van der Waals surface area (Å²) in [5.74, 6) is 0.684. The number of nitrogens with two attached hydrogens (primary N) is 1. The van der Waals surface area contributed by atoms with Crippen LogP contribution in [0, 0.1) is 0 Å². The first-order chi connectivity index (χ1) is 8.17.